The minimum Gasteiger partial charge on any atom is -0.368 e. The Morgan fingerprint density at radius 1 is 1.41 bits per heavy atom. The summed E-state index contributed by atoms with van der Waals surface area (Å²) in [5, 5.41) is 3.64. The first-order valence-electron chi connectivity index (χ1n) is 6.43. The number of piperazine rings is 1. The summed E-state index contributed by atoms with van der Waals surface area (Å²) in [6, 6.07) is 6.94. The van der Waals surface area contributed by atoms with Gasteiger partial charge in [-0.2, -0.15) is 0 Å². The number of nitrogens with one attached hydrogen (secondary N) is 1. The highest BCUT2D eigenvalue weighted by Crippen LogP contribution is 2.41. The third-order valence-corrected chi connectivity index (χ3v) is 4.08. The van der Waals surface area contributed by atoms with Crippen LogP contribution in [0.2, 0.25) is 0 Å². The fraction of sp³-hybridized carbons (Fsp3) is 0.571. The molecule has 3 rings (SSSR count). The van der Waals surface area contributed by atoms with Crippen LogP contribution in [0.1, 0.15) is 19.8 Å². The van der Waals surface area contributed by atoms with Gasteiger partial charge in [0.05, 0.1) is 0 Å². The van der Waals surface area contributed by atoms with Crippen molar-refractivity contribution < 1.29 is 4.39 Å². The van der Waals surface area contributed by atoms with Crippen LogP contribution < -0.4 is 10.2 Å². The van der Waals surface area contributed by atoms with Gasteiger partial charge in [0.15, 0.2) is 0 Å². The molecule has 2 fully saturated rings. The molecule has 1 unspecified atom stereocenters. The summed E-state index contributed by atoms with van der Waals surface area (Å²) in [6.45, 7) is 5.24. The minimum absolute atomic E-state index is 0.144. The van der Waals surface area contributed by atoms with Crippen molar-refractivity contribution >= 4 is 5.69 Å². The first-order valence-corrected chi connectivity index (χ1v) is 6.43. The zero-order chi connectivity index (χ0) is 11.9. The average molecular weight is 234 g/mol. The normalized spacial score (nSPS) is 29.4. The van der Waals surface area contributed by atoms with Gasteiger partial charge >= 0.3 is 0 Å². The second-order valence-electron chi connectivity index (χ2n) is 5.52. The van der Waals surface area contributed by atoms with Gasteiger partial charge in [-0.25, -0.2) is 4.39 Å². The summed E-state index contributed by atoms with van der Waals surface area (Å²) in [6.07, 6.45) is 2.67. The number of hydrogen-bond acceptors (Lipinski definition) is 2. The smallest absolute Gasteiger partial charge is 0.125 e. The van der Waals surface area contributed by atoms with Crippen LogP contribution in [-0.2, 0) is 0 Å². The van der Waals surface area contributed by atoms with E-state index < -0.39 is 0 Å². The lowest BCUT2D eigenvalue weighted by molar-refractivity contribution is 0.285. The van der Waals surface area contributed by atoms with E-state index >= 15 is 0 Å². The Kier molecular flexibility index (Phi) is 2.58. The minimum atomic E-state index is -0.144. The van der Waals surface area contributed by atoms with E-state index in [0.29, 0.717) is 0 Å². The van der Waals surface area contributed by atoms with Gasteiger partial charge in [-0.05, 0) is 43.9 Å². The molecule has 2 nitrogen and oxygen atoms in total. The van der Waals surface area contributed by atoms with Crippen LogP contribution in [0.3, 0.4) is 0 Å². The van der Waals surface area contributed by atoms with Crippen molar-refractivity contribution in [2.24, 2.45) is 5.92 Å². The van der Waals surface area contributed by atoms with Crippen molar-refractivity contribution in [2.45, 2.75) is 25.3 Å². The topological polar surface area (TPSA) is 15.3 Å². The predicted octanol–water partition coefficient (Wildman–Crippen LogP) is 2.40. The zero-order valence-corrected chi connectivity index (χ0v) is 10.2. The lowest BCUT2D eigenvalue weighted by atomic mass is 9.92. The molecule has 1 heterocycles. The van der Waals surface area contributed by atoms with Gasteiger partial charge in [-0.1, -0.05) is 6.07 Å². The Balaban J connectivity index is 1.79. The fourth-order valence-corrected chi connectivity index (χ4v) is 2.89. The Bertz CT molecular complexity index is 416. The lowest BCUT2D eigenvalue weighted by Crippen LogP contribution is -2.60. The highest BCUT2D eigenvalue weighted by atomic mass is 19.1. The van der Waals surface area contributed by atoms with Crippen molar-refractivity contribution in [3.63, 3.8) is 0 Å². The monoisotopic (exact) mass is 234 g/mol. The van der Waals surface area contributed by atoms with Crippen LogP contribution >= 0.6 is 0 Å². The molecule has 3 heteroatoms. The van der Waals surface area contributed by atoms with Crippen LogP contribution in [0.5, 0.6) is 0 Å². The first-order chi connectivity index (χ1) is 8.17. The molecule has 1 saturated heterocycles. The Hall–Kier alpha value is -1.09. The Morgan fingerprint density at radius 3 is 2.94 bits per heavy atom. The molecular formula is C14H19FN2. The van der Waals surface area contributed by atoms with E-state index in [2.05, 4.69) is 17.1 Å². The van der Waals surface area contributed by atoms with Crippen molar-refractivity contribution in [1.29, 1.82) is 0 Å². The molecular weight excluding hydrogens is 215 g/mol. The summed E-state index contributed by atoms with van der Waals surface area (Å²) < 4.78 is 13.2. The maximum atomic E-state index is 13.2. The molecule has 0 radical (unpaired) electrons. The van der Waals surface area contributed by atoms with E-state index in [-0.39, 0.29) is 11.4 Å². The highest BCUT2D eigenvalue weighted by Gasteiger charge is 2.43. The molecule has 1 saturated carbocycles. The molecule has 2 aliphatic rings. The molecule has 0 aromatic heterocycles. The first kappa shape index (κ1) is 11.0. The van der Waals surface area contributed by atoms with Gasteiger partial charge in [0, 0.05) is 30.9 Å². The molecule has 0 amide bonds. The van der Waals surface area contributed by atoms with Crippen molar-refractivity contribution in [3.05, 3.63) is 30.1 Å². The van der Waals surface area contributed by atoms with E-state index in [1.54, 1.807) is 12.1 Å². The summed E-state index contributed by atoms with van der Waals surface area (Å²) in [4.78, 5) is 2.30. The summed E-state index contributed by atoms with van der Waals surface area (Å²) in [7, 11) is 0. The zero-order valence-electron chi connectivity index (χ0n) is 10.2. The molecule has 1 aromatic rings. The molecule has 1 aromatic carbocycles. The van der Waals surface area contributed by atoms with E-state index in [1.165, 1.54) is 18.9 Å². The number of anilines is 1. The van der Waals surface area contributed by atoms with Gasteiger partial charge in [-0.15, -0.1) is 0 Å². The van der Waals surface area contributed by atoms with E-state index in [4.69, 9.17) is 0 Å². The lowest BCUT2D eigenvalue weighted by Gasteiger charge is -2.43. The van der Waals surface area contributed by atoms with Crippen LogP contribution in [0, 0.1) is 11.7 Å². The van der Waals surface area contributed by atoms with E-state index in [1.807, 2.05) is 6.07 Å². The number of nitrogens with zero attached hydrogens (tertiary/aromatic N) is 1. The standard InChI is InChI=1S/C14H19FN2/c1-14(11-5-6-11)10-17(8-7-16-14)13-4-2-3-12(15)9-13/h2-4,9,11,16H,5-8,10H2,1H3. The van der Waals surface area contributed by atoms with E-state index in [0.717, 1.165) is 31.2 Å². The third-order valence-electron chi connectivity index (χ3n) is 4.08. The molecule has 92 valence electrons. The van der Waals surface area contributed by atoms with Gasteiger partial charge in [0.25, 0.3) is 0 Å². The number of rotatable bonds is 2. The van der Waals surface area contributed by atoms with Gasteiger partial charge in [0.2, 0.25) is 0 Å². The molecule has 1 N–H and O–H groups in total. The largest absolute Gasteiger partial charge is 0.368 e. The fourth-order valence-electron chi connectivity index (χ4n) is 2.89. The molecule has 0 bridgehead atoms. The molecule has 1 aliphatic carbocycles. The summed E-state index contributed by atoms with van der Waals surface area (Å²) in [5.41, 5.74) is 1.23. The van der Waals surface area contributed by atoms with Gasteiger partial charge in [-0.3, -0.25) is 0 Å². The number of benzene rings is 1. The number of halogens is 1. The summed E-state index contributed by atoms with van der Waals surface area (Å²) >= 11 is 0. The third kappa shape index (κ3) is 2.16. The quantitative estimate of drug-likeness (QED) is 0.845. The van der Waals surface area contributed by atoms with Crippen LogP contribution in [0.15, 0.2) is 24.3 Å². The second-order valence-corrected chi connectivity index (χ2v) is 5.52. The Labute approximate surface area is 102 Å². The van der Waals surface area contributed by atoms with Crippen LogP contribution in [-0.4, -0.2) is 25.2 Å². The van der Waals surface area contributed by atoms with E-state index in [9.17, 15) is 4.39 Å². The maximum absolute atomic E-state index is 13.2. The molecule has 17 heavy (non-hydrogen) atoms. The highest BCUT2D eigenvalue weighted by molar-refractivity contribution is 5.47. The molecule has 0 spiro atoms. The summed E-state index contributed by atoms with van der Waals surface area (Å²) in [5.74, 6) is 0.660. The van der Waals surface area contributed by atoms with Crippen molar-refractivity contribution in [1.82, 2.24) is 5.32 Å². The van der Waals surface area contributed by atoms with Gasteiger partial charge < -0.3 is 10.2 Å². The molecule has 1 atom stereocenters. The predicted molar refractivity (Wildman–Crippen MR) is 67.7 cm³/mol. The average Bonchev–Trinajstić information content (AvgIpc) is 3.13. The van der Waals surface area contributed by atoms with Crippen LogP contribution in [0.4, 0.5) is 10.1 Å². The second kappa shape index (κ2) is 3.98. The van der Waals surface area contributed by atoms with Crippen LogP contribution in [0.25, 0.3) is 0 Å². The van der Waals surface area contributed by atoms with Crippen molar-refractivity contribution in [2.75, 3.05) is 24.5 Å². The SMILES string of the molecule is CC1(C2CC2)CN(c2cccc(F)c2)CCN1. The van der Waals surface area contributed by atoms with Crippen molar-refractivity contribution in [3.8, 4) is 0 Å². The maximum Gasteiger partial charge on any atom is 0.125 e. The number of hydrogen-bond donors (Lipinski definition) is 1. The van der Waals surface area contributed by atoms with Gasteiger partial charge in [0.1, 0.15) is 5.82 Å². The molecule has 1 aliphatic heterocycles. The Morgan fingerprint density at radius 2 is 2.24 bits per heavy atom.